The van der Waals surface area contributed by atoms with Gasteiger partial charge in [0.2, 0.25) is 0 Å². The molecular weight excluding hydrogens is 468 g/mol. The second kappa shape index (κ2) is 9.91. The summed E-state index contributed by atoms with van der Waals surface area (Å²) in [5, 5.41) is 5.46. The van der Waals surface area contributed by atoms with E-state index in [-0.39, 0.29) is 5.91 Å². The summed E-state index contributed by atoms with van der Waals surface area (Å²) in [6.07, 6.45) is -0.178. The van der Waals surface area contributed by atoms with Gasteiger partial charge < -0.3 is 10.1 Å². The van der Waals surface area contributed by atoms with Gasteiger partial charge in [0.05, 0.1) is 15.8 Å². The standard InChI is InChI=1S/C30H26N2O3S/c1-4-20-11-7-10-18(2)27(20)32-28(33)19(3)35-30(34)23-15-9-13-21-12-8-14-22(26(21)23)29-31-24-16-5-6-17-25(24)36-29/h5-17,19H,4H2,1-3H3,(H,32,33). The van der Waals surface area contributed by atoms with Crippen molar-refractivity contribution in [2.75, 3.05) is 5.32 Å². The zero-order valence-electron chi connectivity index (χ0n) is 20.4. The average molecular weight is 495 g/mol. The Bertz CT molecular complexity index is 1570. The molecular formula is C30H26N2O3S. The van der Waals surface area contributed by atoms with E-state index in [1.54, 1.807) is 24.3 Å². The number of esters is 1. The van der Waals surface area contributed by atoms with Gasteiger partial charge in [-0.3, -0.25) is 4.79 Å². The molecule has 0 saturated carbocycles. The first-order chi connectivity index (χ1) is 17.5. The van der Waals surface area contributed by atoms with Crippen molar-refractivity contribution in [3.63, 3.8) is 0 Å². The smallest absolute Gasteiger partial charge is 0.339 e. The Morgan fingerprint density at radius 2 is 1.72 bits per heavy atom. The van der Waals surface area contributed by atoms with Gasteiger partial charge in [0.15, 0.2) is 6.10 Å². The third-order valence-corrected chi connectivity index (χ3v) is 7.36. The molecule has 0 saturated heterocycles. The molecule has 0 aliphatic heterocycles. The summed E-state index contributed by atoms with van der Waals surface area (Å²) >= 11 is 1.58. The van der Waals surface area contributed by atoms with Crippen LogP contribution in [0.4, 0.5) is 5.69 Å². The van der Waals surface area contributed by atoms with Crippen LogP contribution in [0.1, 0.15) is 35.3 Å². The molecule has 180 valence electrons. The van der Waals surface area contributed by atoms with Crippen molar-refractivity contribution in [1.29, 1.82) is 0 Å². The highest BCUT2D eigenvalue weighted by Crippen LogP contribution is 2.36. The van der Waals surface area contributed by atoms with Crippen molar-refractivity contribution in [3.8, 4) is 10.6 Å². The van der Waals surface area contributed by atoms with Gasteiger partial charge in [-0.15, -0.1) is 11.3 Å². The molecule has 0 aliphatic rings. The van der Waals surface area contributed by atoms with E-state index in [0.29, 0.717) is 5.56 Å². The van der Waals surface area contributed by atoms with Crippen LogP contribution in [0.25, 0.3) is 31.6 Å². The van der Waals surface area contributed by atoms with E-state index in [1.807, 2.05) is 86.6 Å². The van der Waals surface area contributed by atoms with E-state index in [9.17, 15) is 9.59 Å². The lowest BCUT2D eigenvalue weighted by Gasteiger charge is -2.17. The maximum absolute atomic E-state index is 13.4. The molecule has 0 aliphatic carbocycles. The lowest BCUT2D eigenvalue weighted by molar-refractivity contribution is -0.123. The van der Waals surface area contributed by atoms with E-state index in [4.69, 9.17) is 9.72 Å². The van der Waals surface area contributed by atoms with E-state index in [2.05, 4.69) is 5.32 Å². The van der Waals surface area contributed by atoms with Crippen molar-refractivity contribution in [1.82, 2.24) is 4.98 Å². The zero-order chi connectivity index (χ0) is 25.2. The molecule has 1 aromatic heterocycles. The Labute approximate surface area is 213 Å². The molecule has 0 bridgehead atoms. The summed E-state index contributed by atoms with van der Waals surface area (Å²) in [6, 6.07) is 25.3. The number of nitrogens with zero attached hydrogens (tertiary/aromatic N) is 1. The Morgan fingerprint density at radius 3 is 2.50 bits per heavy atom. The monoisotopic (exact) mass is 494 g/mol. The number of fused-ring (bicyclic) bond motifs is 2. The number of benzene rings is 4. The number of nitrogens with one attached hydrogen (secondary N) is 1. The van der Waals surface area contributed by atoms with Gasteiger partial charge >= 0.3 is 5.97 Å². The molecule has 4 aromatic carbocycles. The van der Waals surface area contributed by atoms with Crippen molar-refractivity contribution >= 4 is 49.9 Å². The van der Waals surface area contributed by atoms with E-state index < -0.39 is 12.1 Å². The molecule has 5 nitrogen and oxygen atoms in total. The topological polar surface area (TPSA) is 68.3 Å². The second-order valence-corrected chi connectivity index (χ2v) is 9.73. The molecule has 5 aromatic rings. The fourth-order valence-electron chi connectivity index (χ4n) is 4.38. The van der Waals surface area contributed by atoms with Crippen LogP contribution in [0.5, 0.6) is 0 Å². The Hall–Kier alpha value is -4.03. The van der Waals surface area contributed by atoms with Crippen LogP contribution >= 0.6 is 11.3 Å². The summed E-state index contributed by atoms with van der Waals surface area (Å²) in [6.45, 7) is 5.58. The first kappa shape index (κ1) is 23.7. The van der Waals surface area contributed by atoms with Crippen LogP contribution in [0.2, 0.25) is 0 Å². The number of aryl methyl sites for hydroxylation is 2. The SMILES string of the molecule is CCc1cccc(C)c1NC(=O)C(C)OC(=O)c1cccc2cccc(-c3nc4ccccc4s3)c12. The molecule has 1 heterocycles. The van der Waals surface area contributed by atoms with Crippen LogP contribution in [-0.4, -0.2) is 23.0 Å². The highest BCUT2D eigenvalue weighted by atomic mass is 32.1. The maximum atomic E-state index is 13.4. The highest BCUT2D eigenvalue weighted by Gasteiger charge is 2.23. The molecule has 0 spiro atoms. The normalized spacial score (nSPS) is 12.0. The minimum atomic E-state index is -0.966. The Balaban J connectivity index is 1.45. The molecule has 1 unspecified atom stereocenters. The summed E-state index contributed by atoms with van der Waals surface area (Å²) in [4.78, 5) is 31.1. The third-order valence-electron chi connectivity index (χ3n) is 6.29. The number of ether oxygens (including phenoxy) is 1. The van der Waals surface area contributed by atoms with Gasteiger partial charge in [-0.1, -0.05) is 67.6 Å². The molecule has 1 amide bonds. The minimum Gasteiger partial charge on any atom is -0.449 e. The number of rotatable bonds is 6. The fourth-order valence-corrected chi connectivity index (χ4v) is 5.38. The molecule has 0 radical (unpaired) electrons. The number of thiazole rings is 1. The van der Waals surface area contributed by atoms with Crippen molar-refractivity contribution < 1.29 is 14.3 Å². The predicted octanol–water partition coefficient (Wildman–Crippen LogP) is 7.17. The number of aromatic nitrogens is 1. The van der Waals surface area contributed by atoms with Gasteiger partial charge in [-0.2, -0.15) is 0 Å². The van der Waals surface area contributed by atoms with Crippen LogP contribution in [0, 0.1) is 6.92 Å². The summed E-state index contributed by atoms with van der Waals surface area (Å²) in [5.74, 6) is -0.906. The first-order valence-corrected chi connectivity index (χ1v) is 12.8. The van der Waals surface area contributed by atoms with E-state index in [1.165, 1.54) is 0 Å². The number of carbonyl (C=O) groups excluding carboxylic acids is 2. The summed E-state index contributed by atoms with van der Waals surface area (Å²) in [5.41, 5.74) is 4.98. The van der Waals surface area contributed by atoms with Gasteiger partial charge in [0, 0.05) is 16.6 Å². The van der Waals surface area contributed by atoms with Crippen LogP contribution in [0.3, 0.4) is 0 Å². The molecule has 6 heteroatoms. The molecule has 5 rings (SSSR count). The number of hydrogen-bond acceptors (Lipinski definition) is 5. The van der Waals surface area contributed by atoms with Gasteiger partial charge in [0.25, 0.3) is 5.91 Å². The quantitative estimate of drug-likeness (QED) is 0.254. The first-order valence-electron chi connectivity index (χ1n) is 11.9. The summed E-state index contributed by atoms with van der Waals surface area (Å²) < 4.78 is 6.75. The van der Waals surface area contributed by atoms with Gasteiger partial charge in [-0.05, 0) is 55.0 Å². The lowest BCUT2D eigenvalue weighted by atomic mass is 9.99. The maximum Gasteiger partial charge on any atom is 0.339 e. The number of amides is 1. The van der Waals surface area contributed by atoms with Crippen molar-refractivity contribution in [2.45, 2.75) is 33.3 Å². The average Bonchev–Trinajstić information content (AvgIpc) is 3.33. The van der Waals surface area contributed by atoms with Gasteiger partial charge in [0.1, 0.15) is 5.01 Å². The highest BCUT2D eigenvalue weighted by molar-refractivity contribution is 7.21. The molecule has 0 fully saturated rings. The summed E-state index contributed by atoms with van der Waals surface area (Å²) in [7, 11) is 0. The molecule has 36 heavy (non-hydrogen) atoms. The number of para-hydroxylation sites is 2. The molecule has 1 N–H and O–H groups in total. The fraction of sp³-hybridized carbons (Fsp3) is 0.167. The van der Waals surface area contributed by atoms with Crippen LogP contribution in [-0.2, 0) is 16.0 Å². The number of carbonyl (C=O) groups is 2. The van der Waals surface area contributed by atoms with Gasteiger partial charge in [-0.25, -0.2) is 9.78 Å². The Morgan fingerprint density at radius 1 is 0.972 bits per heavy atom. The van der Waals surface area contributed by atoms with E-state index >= 15 is 0 Å². The lowest BCUT2D eigenvalue weighted by Crippen LogP contribution is -2.30. The third kappa shape index (κ3) is 4.48. The number of hydrogen-bond donors (Lipinski definition) is 1. The number of anilines is 1. The predicted molar refractivity (Wildman–Crippen MR) is 147 cm³/mol. The zero-order valence-corrected chi connectivity index (χ0v) is 21.2. The van der Waals surface area contributed by atoms with Crippen molar-refractivity contribution in [3.05, 3.63) is 95.6 Å². The van der Waals surface area contributed by atoms with Crippen molar-refractivity contribution in [2.24, 2.45) is 0 Å². The Kier molecular flexibility index (Phi) is 6.53. The second-order valence-electron chi connectivity index (χ2n) is 8.70. The minimum absolute atomic E-state index is 0.362. The van der Waals surface area contributed by atoms with Crippen LogP contribution in [0.15, 0.2) is 78.9 Å². The largest absolute Gasteiger partial charge is 0.449 e. The molecule has 1 atom stereocenters. The van der Waals surface area contributed by atoms with Crippen LogP contribution < -0.4 is 5.32 Å². The van der Waals surface area contributed by atoms with E-state index in [0.717, 1.165) is 54.8 Å².